The standard InChI is InChI=1S/C50H31N7O7/c58-55(59)34-28-44(56(60)61)50(45(29-34)57(62)63)64-35-18-16-33(17-19-35)49-42-26-24-40(53-42)47(31-12-6-2-7-13-31)38-22-20-36(51-38)46(30-10-4-1-5-11-30)37-21-23-39(52-37)48(32-14-8-3-9-15-32)41-25-27-43(49)54-41/h1-29,51,54H. The number of ether oxygens (including phenoxy) is 1. The molecule has 0 amide bonds. The van der Waals surface area contributed by atoms with Gasteiger partial charge in [0, 0.05) is 44.3 Å². The average molecular weight is 842 g/mol. The number of nitro benzene ring substituents is 3. The Morgan fingerprint density at radius 1 is 0.406 bits per heavy atom. The van der Waals surface area contributed by atoms with Gasteiger partial charge in [0.1, 0.15) is 5.75 Å². The maximum absolute atomic E-state index is 12.0. The zero-order chi connectivity index (χ0) is 43.9. The van der Waals surface area contributed by atoms with Crippen LogP contribution in [0.2, 0.25) is 0 Å². The van der Waals surface area contributed by atoms with E-state index in [4.69, 9.17) is 14.7 Å². The van der Waals surface area contributed by atoms with Gasteiger partial charge in [0.25, 0.3) is 11.4 Å². The molecule has 8 aromatic rings. The molecular weight excluding hydrogens is 811 g/mol. The third-order valence-corrected chi connectivity index (χ3v) is 10.9. The summed E-state index contributed by atoms with van der Waals surface area (Å²) in [5.41, 5.74) is 10.4. The summed E-state index contributed by atoms with van der Waals surface area (Å²) in [7, 11) is 0. The van der Waals surface area contributed by atoms with Crippen LogP contribution in [0.15, 0.2) is 152 Å². The first kappa shape index (κ1) is 38.9. The second-order valence-corrected chi connectivity index (χ2v) is 14.8. The van der Waals surface area contributed by atoms with E-state index in [9.17, 15) is 30.3 Å². The van der Waals surface area contributed by atoms with E-state index in [1.54, 1.807) is 12.1 Å². The van der Waals surface area contributed by atoms with Gasteiger partial charge >= 0.3 is 11.4 Å². The molecule has 14 nitrogen and oxygen atoms in total. The van der Waals surface area contributed by atoms with Crippen LogP contribution in [-0.4, -0.2) is 34.7 Å². The molecule has 308 valence electrons. The molecule has 5 heterocycles. The van der Waals surface area contributed by atoms with Gasteiger partial charge in [-0.25, -0.2) is 9.97 Å². The number of benzene rings is 5. The van der Waals surface area contributed by atoms with Crippen LogP contribution in [-0.2, 0) is 0 Å². The van der Waals surface area contributed by atoms with Crippen molar-refractivity contribution in [3.63, 3.8) is 0 Å². The summed E-state index contributed by atoms with van der Waals surface area (Å²) < 4.78 is 5.79. The van der Waals surface area contributed by atoms with Crippen molar-refractivity contribution >= 4 is 63.4 Å². The van der Waals surface area contributed by atoms with Gasteiger partial charge in [-0.2, -0.15) is 0 Å². The number of hydrogen-bond donors (Lipinski definition) is 2. The first-order valence-corrected chi connectivity index (χ1v) is 19.9. The molecule has 0 radical (unpaired) electrons. The fourth-order valence-electron chi connectivity index (χ4n) is 8.11. The SMILES string of the molecule is O=[N+]([O-])c1cc([N+](=O)[O-])c(Oc2ccc(-c3c4nc(c(-c5ccccc5)c5ccc([nH]5)c(-c5ccccc5)c5nc(c(-c6ccccc6)c6ccc3[nH]6)C=C5)C=C4)cc2)c([N+](=O)[O-])c1. The van der Waals surface area contributed by atoms with Gasteiger partial charge in [0.2, 0.25) is 0 Å². The fourth-order valence-corrected chi connectivity index (χ4v) is 8.11. The van der Waals surface area contributed by atoms with Gasteiger partial charge in [-0.1, -0.05) is 103 Å². The molecule has 0 fully saturated rings. The predicted octanol–water partition coefficient (Wildman–Crippen LogP) is 12.8. The van der Waals surface area contributed by atoms with E-state index in [-0.39, 0.29) is 5.75 Å². The number of aromatic nitrogens is 4. The molecule has 0 atom stereocenters. The molecule has 8 bridgehead atoms. The third-order valence-electron chi connectivity index (χ3n) is 10.9. The van der Waals surface area contributed by atoms with Crippen molar-refractivity contribution in [3.8, 4) is 56.0 Å². The topological polar surface area (TPSA) is 196 Å². The van der Waals surface area contributed by atoms with Crippen LogP contribution < -0.4 is 4.74 Å². The molecule has 10 rings (SSSR count). The minimum atomic E-state index is -0.957. The largest absolute Gasteiger partial charge is 0.444 e. The van der Waals surface area contributed by atoms with Crippen LogP contribution in [0.3, 0.4) is 0 Å². The minimum Gasteiger partial charge on any atom is -0.444 e. The number of rotatable bonds is 9. The zero-order valence-corrected chi connectivity index (χ0v) is 33.3. The van der Waals surface area contributed by atoms with Crippen molar-refractivity contribution in [1.82, 2.24) is 19.9 Å². The highest BCUT2D eigenvalue weighted by atomic mass is 16.6. The number of nitro groups is 3. The number of nitrogens with zero attached hydrogens (tertiary/aromatic N) is 5. The third kappa shape index (κ3) is 7.12. The second-order valence-electron chi connectivity index (χ2n) is 14.8. The monoisotopic (exact) mass is 841 g/mol. The van der Waals surface area contributed by atoms with E-state index in [0.29, 0.717) is 40.2 Å². The minimum absolute atomic E-state index is 0.0210. The lowest BCUT2D eigenvalue weighted by Gasteiger charge is -2.09. The molecule has 0 saturated carbocycles. The molecule has 14 heteroatoms. The maximum atomic E-state index is 12.0. The number of aromatic amines is 2. The van der Waals surface area contributed by atoms with Crippen molar-refractivity contribution in [2.24, 2.45) is 0 Å². The summed E-state index contributed by atoms with van der Waals surface area (Å²) in [6.45, 7) is 0. The number of hydrogen-bond acceptors (Lipinski definition) is 9. The highest BCUT2D eigenvalue weighted by Gasteiger charge is 2.33. The highest BCUT2D eigenvalue weighted by Crippen LogP contribution is 2.44. The van der Waals surface area contributed by atoms with Crippen molar-refractivity contribution in [2.45, 2.75) is 0 Å². The van der Waals surface area contributed by atoms with Crippen LogP contribution in [0.25, 0.3) is 90.9 Å². The normalized spacial score (nSPS) is 11.7. The Hall–Kier alpha value is -9.30. The summed E-state index contributed by atoms with van der Waals surface area (Å²) in [5, 5.41) is 35.5. The Morgan fingerprint density at radius 2 is 0.734 bits per heavy atom. The average Bonchev–Trinajstić information content (AvgIpc) is 4.16. The molecule has 5 aromatic carbocycles. The van der Waals surface area contributed by atoms with Gasteiger partial charge in [0.15, 0.2) is 0 Å². The van der Waals surface area contributed by atoms with E-state index < -0.39 is 37.6 Å². The molecule has 2 N–H and O–H groups in total. The molecule has 0 spiro atoms. The molecule has 0 aliphatic carbocycles. The van der Waals surface area contributed by atoms with Crippen LogP contribution in [0, 0.1) is 30.3 Å². The Balaban J connectivity index is 1.24. The van der Waals surface area contributed by atoms with E-state index in [1.807, 2.05) is 115 Å². The summed E-state index contributed by atoms with van der Waals surface area (Å²) in [6.07, 6.45) is 7.98. The first-order chi connectivity index (χ1) is 31.2. The Labute approximate surface area is 362 Å². The lowest BCUT2D eigenvalue weighted by molar-refractivity contribution is -0.404. The highest BCUT2D eigenvalue weighted by molar-refractivity contribution is 5.99. The molecule has 3 aromatic heterocycles. The Bertz CT molecular complexity index is 3360. The maximum Gasteiger partial charge on any atom is 0.325 e. The van der Waals surface area contributed by atoms with Crippen LogP contribution in [0.4, 0.5) is 17.1 Å². The number of H-pyrrole nitrogens is 2. The zero-order valence-electron chi connectivity index (χ0n) is 33.3. The molecule has 64 heavy (non-hydrogen) atoms. The molecule has 2 aliphatic heterocycles. The summed E-state index contributed by atoms with van der Waals surface area (Å²) in [4.78, 5) is 50.6. The van der Waals surface area contributed by atoms with Crippen molar-refractivity contribution < 1.29 is 19.5 Å². The van der Waals surface area contributed by atoms with E-state index >= 15 is 0 Å². The van der Waals surface area contributed by atoms with E-state index in [2.05, 4.69) is 34.2 Å². The van der Waals surface area contributed by atoms with E-state index in [1.165, 1.54) is 12.1 Å². The van der Waals surface area contributed by atoms with Crippen molar-refractivity contribution in [3.05, 3.63) is 205 Å². The van der Waals surface area contributed by atoms with Gasteiger partial charge < -0.3 is 14.7 Å². The van der Waals surface area contributed by atoms with Crippen LogP contribution >= 0.6 is 0 Å². The molecule has 0 saturated heterocycles. The smallest absolute Gasteiger partial charge is 0.325 e. The number of nitrogens with one attached hydrogen (secondary N) is 2. The summed E-state index contributed by atoms with van der Waals surface area (Å²) >= 11 is 0. The quantitative estimate of drug-likeness (QED) is 0.105. The van der Waals surface area contributed by atoms with Crippen molar-refractivity contribution in [1.29, 1.82) is 0 Å². The van der Waals surface area contributed by atoms with Gasteiger partial charge in [-0.15, -0.1) is 0 Å². The van der Waals surface area contributed by atoms with E-state index in [0.717, 1.165) is 61.3 Å². The Morgan fingerprint density at radius 3 is 1.05 bits per heavy atom. The van der Waals surface area contributed by atoms with Gasteiger partial charge in [-0.3, -0.25) is 30.3 Å². The van der Waals surface area contributed by atoms with Gasteiger partial charge in [0.05, 0.1) is 49.7 Å². The number of fused-ring (bicyclic) bond motifs is 8. The van der Waals surface area contributed by atoms with Crippen LogP contribution in [0.1, 0.15) is 22.8 Å². The lowest BCUT2D eigenvalue weighted by atomic mass is 10.0. The number of non-ortho nitro benzene ring substituents is 1. The fraction of sp³-hybridized carbons (Fsp3) is 0. The predicted molar refractivity (Wildman–Crippen MR) is 247 cm³/mol. The Kier molecular flexibility index (Phi) is 9.69. The second kappa shape index (κ2) is 15.9. The lowest BCUT2D eigenvalue weighted by Crippen LogP contribution is -2.01. The van der Waals surface area contributed by atoms with Crippen LogP contribution in [0.5, 0.6) is 11.5 Å². The summed E-state index contributed by atoms with van der Waals surface area (Å²) in [6, 6.07) is 46.0. The van der Waals surface area contributed by atoms with Gasteiger partial charge in [-0.05, 0) is 83.0 Å². The molecular formula is C50H31N7O7. The molecule has 2 aliphatic rings. The first-order valence-electron chi connectivity index (χ1n) is 19.9. The van der Waals surface area contributed by atoms with Crippen molar-refractivity contribution in [2.75, 3.05) is 0 Å². The molecule has 0 unspecified atom stereocenters. The summed E-state index contributed by atoms with van der Waals surface area (Å²) in [5.74, 6) is -0.715.